The number of carbonyl (C=O) groups is 1. The smallest absolute Gasteiger partial charge is 0.370 e. The molecule has 3 nitrogen and oxygen atoms in total. The third kappa shape index (κ3) is 6.58. The van der Waals surface area contributed by atoms with Crippen LogP contribution in [0.1, 0.15) is 15.9 Å². The fraction of sp³-hybridized carbons (Fsp3) is 0.417. The Balaban J connectivity index is 2.27. The van der Waals surface area contributed by atoms with Gasteiger partial charge in [-0.1, -0.05) is 28.1 Å². The molecule has 19 heavy (non-hydrogen) atoms. The van der Waals surface area contributed by atoms with Gasteiger partial charge in [0.1, 0.15) is 6.61 Å². The second-order valence-corrected chi connectivity index (χ2v) is 4.31. The van der Waals surface area contributed by atoms with Gasteiger partial charge in [-0.05, 0) is 17.7 Å². The molecule has 0 unspecified atom stereocenters. The van der Waals surface area contributed by atoms with E-state index in [0.29, 0.717) is 10.9 Å². The highest BCUT2D eigenvalue weighted by molar-refractivity contribution is 9.08. The number of rotatable bonds is 6. The van der Waals surface area contributed by atoms with Crippen LogP contribution in [0.2, 0.25) is 0 Å². The molecule has 0 aliphatic carbocycles. The van der Waals surface area contributed by atoms with Gasteiger partial charge >= 0.3 is 6.18 Å². The van der Waals surface area contributed by atoms with Crippen LogP contribution in [0.4, 0.5) is 13.2 Å². The van der Waals surface area contributed by atoms with Crippen molar-refractivity contribution in [3.8, 4) is 0 Å². The molecule has 1 amide bonds. The van der Waals surface area contributed by atoms with Crippen molar-refractivity contribution in [3.63, 3.8) is 0 Å². The van der Waals surface area contributed by atoms with Crippen LogP contribution in [0.15, 0.2) is 24.3 Å². The Labute approximate surface area is 117 Å². The van der Waals surface area contributed by atoms with Crippen molar-refractivity contribution in [2.24, 2.45) is 0 Å². The van der Waals surface area contributed by atoms with E-state index in [4.69, 9.17) is 0 Å². The zero-order valence-electron chi connectivity index (χ0n) is 9.97. The topological polar surface area (TPSA) is 38.3 Å². The summed E-state index contributed by atoms with van der Waals surface area (Å²) in [7, 11) is 0. The second kappa shape index (κ2) is 7.49. The summed E-state index contributed by atoms with van der Waals surface area (Å²) in [6, 6.07) is 6.90. The van der Waals surface area contributed by atoms with Crippen molar-refractivity contribution in [3.05, 3.63) is 35.4 Å². The zero-order chi connectivity index (χ0) is 14.3. The van der Waals surface area contributed by atoms with Gasteiger partial charge in [0.2, 0.25) is 0 Å². The Bertz CT molecular complexity index is 406. The van der Waals surface area contributed by atoms with Gasteiger partial charge in [0, 0.05) is 17.4 Å². The summed E-state index contributed by atoms with van der Waals surface area (Å²) in [5.74, 6) is -0.336. The van der Waals surface area contributed by atoms with Crippen molar-refractivity contribution in [1.82, 2.24) is 5.32 Å². The molecule has 7 heteroatoms. The molecule has 0 aliphatic heterocycles. The fourth-order valence-corrected chi connectivity index (χ4v) is 1.65. The van der Waals surface area contributed by atoms with Crippen LogP contribution >= 0.6 is 15.9 Å². The van der Waals surface area contributed by atoms with Gasteiger partial charge in [-0.3, -0.25) is 4.79 Å². The summed E-state index contributed by atoms with van der Waals surface area (Å²) in [4.78, 5) is 11.6. The van der Waals surface area contributed by atoms with Crippen LogP contribution in [0.3, 0.4) is 0 Å². The Morgan fingerprint density at radius 3 is 2.42 bits per heavy atom. The van der Waals surface area contributed by atoms with Gasteiger partial charge < -0.3 is 10.1 Å². The Morgan fingerprint density at radius 1 is 1.26 bits per heavy atom. The lowest BCUT2D eigenvalue weighted by Crippen LogP contribution is -2.28. The fourth-order valence-electron chi connectivity index (χ4n) is 1.27. The van der Waals surface area contributed by atoms with Crippen molar-refractivity contribution >= 4 is 21.8 Å². The van der Waals surface area contributed by atoms with Gasteiger partial charge in [-0.15, -0.1) is 0 Å². The van der Waals surface area contributed by atoms with Gasteiger partial charge in [-0.2, -0.15) is 13.2 Å². The predicted molar refractivity (Wildman–Crippen MR) is 68.3 cm³/mol. The standard InChI is InChI=1S/C12H13BrF3NO2/c13-7-9-1-3-10(4-2-9)11(18)17-5-6-19-8-12(14,15)16/h1-4H,5-8H2,(H,17,18). The Kier molecular flexibility index (Phi) is 6.30. The molecule has 1 rings (SSSR count). The molecule has 1 aromatic carbocycles. The van der Waals surface area contributed by atoms with E-state index < -0.39 is 12.8 Å². The van der Waals surface area contributed by atoms with E-state index in [1.165, 1.54) is 0 Å². The number of carbonyl (C=O) groups excluding carboxylic acids is 1. The van der Waals surface area contributed by atoms with Crippen molar-refractivity contribution < 1.29 is 22.7 Å². The zero-order valence-corrected chi connectivity index (χ0v) is 11.6. The average molecular weight is 340 g/mol. The normalized spacial score (nSPS) is 11.4. The lowest BCUT2D eigenvalue weighted by molar-refractivity contribution is -0.173. The molecule has 0 radical (unpaired) electrons. The largest absolute Gasteiger partial charge is 0.411 e. The molecule has 0 atom stereocenters. The monoisotopic (exact) mass is 339 g/mol. The quantitative estimate of drug-likeness (QED) is 0.639. The van der Waals surface area contributed by atoms with Crippen LogP contribution < -0.4 is 5.32 Å². The molecular formula is C12H13BrF3NO2. The second-order valence-electron chi connectivity index (χ2n) is 3.75. The summed E-state index contributed by atoms with van der Waals surface area (Å²) in [6.07, 6.45) is -4.34. The van der Waals surface area contributed by atoms with E-state index in [1.54, 1.807) is 24.3 Å². The summed E-state index contributed by atoms with van der Waals surface area (Å²) in [6.45, 7) is -1.44. The van der Waals surface area contributed by atoms with E-state index >= 15 is 0 Å². The number of nitrogens with one attached hydrogen (secondary N) is 1. The van der Waals surface area contributed by atoms with Crippen LogP contribution in [-0.4, -0.2) is 31.8 Å². The molecule has 0 aliphatic rings. The maximum Gasteiger partial charge on any atom is 0.411 e. The van der Waals surface area contributed by atoms with E-state index in [-0.39, 0.29) is 19.1 Å². The SMILES string of the molecule is O=C(NCCOCC(F)(F)F)c1ccc(CBr)cc1. The molecule has 0 fully saturated rings. The van der Waals surface area contributed by atoms with Crippen LogP contribution in [0.5, 0.6) is 0 Å². The molecule has 0 saturated carbocycles. The summed E-state index contributed by atoms with van der Waals surface area (Å²) in [5, 5.41) is 3.17. The minimum atomic E-state index is -4.34. The van der Waals surface area contributed by atoms with Crippen molar-refractivity contribution in [2.45, 2.75) is 11.5 Å². The molecule has 1 aromatic rings. The van der Waals surface area contributed by atoms with Gasteiger partial charge in [0.15, 0.2) is 0 Å². The number of alkyl halides is 4. The van der Waals surface area contributed by atoms with E-state index in [9.17, 15) is 18.0 Å². The van der Waals surface area contributed by atoms with E-state index in [2.05, 4.69) is 26.0 Å². The number of hydrogen-bond acceptors (Lipinski definition) is 2. The van der Waals surface area contributed by atoms with E-state index in [0.717, 1.165) is 5.56 Å². The molecule has 0 aromatic heterocycles. The average Bonchev–Trinajstić information content (AvgIpc) is 2.37. The molecule has 0 spiro atoms. The maximum absolute atomic E-state index is 11.8. The summed E-state index contributed by atoms with van der Waals surface area (Å²) < 4.78 is 39.7. The molecule has 0 saturated heterocycles. The van der Waals surface area contributed by atoms with Gasteiger partial charge in [-0.25, -0.2) is 0 Å². The lowest BCUT2D eigenvalue weighted by atomic mass is 10.1. The highest BCUT2D eigenvalue weighted by Gasteiger charge is 2.27. The van der Waals surface area contributed by atoms with E-state index in [1.807, 2.05) is 0 Å². The summed E-state index contributed by atoms with van der Waals surface area (Å²) in [5.41, 5.74) is 1.49. The van der Waals surface area contributed by atoms with Crippen LogP contribution in [0.25, 0.3) is 0 Å². The van der Waals surface area contributed by atoms with Gasteiger partial charge in [0.25, 0.3) is 5.91 Å². The number of ether oxygens (including phenoxy) is 1. The number of hydrogen-bond donors (Lipinski definition) is 1. The van der Waals surface area contributed by atoms with Crippen LogP contribution in [0, 0.1) is 0 Å². The first-order valence-electron chi connectivity index (χ1n) is 5.50. The summed E-state index contributed by atoms with van der Waals surface area (Å²) >= 11 is 3.29. The Hall–Kier alpha value is -1.08. The minimum Gasteiger partial charge on any atom is -0.370 e. The molecule has 0 heterocycles. The lowest BCUT2D eigenvalue weighted by Gasteiger charge is -2.08. The number of benzene rings is 1. The van der Waals surface area contributed by atoms with Crippen LogP contribution in [-0.2, 0) is 10.1 Å². The third-order valence-electron chi connectivity index (χ3n) is 2.17. The first kappa shape index (κ1) is 16.0. The first-order valence-corrected chi connectivity index (χ1v) is 6.62. The molecule has 106 valence electrons. The van der Waals surface area contributed by atoms with Gasteiger partial charge in [0.05, 0.1) is 6.61 Å². The predicted octanol–water partition coefficient (Wildman–Crippen LogP) is 2.89. The number of amides is 1. The third-order valence-corrected chi connectivity index (χ3v) is 2.82. The van der Waals surface area contributed by atoms with Crippen molar-refractivity contribution in [2.75, 3.05) is 19.8 Å². The molecular weight excluding hydrogens is 327 g/mol. The highest BCUT2D eigenvalue weighted by Crippen LogP contribution is 2.14. The first-order chi connectivity index (χ1) is 8.92. The number of halogens is 4. The molecule has 1 N–H and O–H groups in total. The maximum atomic E-state index is 11.8. The van der Waals surface area contributed by atoms with Crippen molar-refractivity contribution in [1.29, 1.82) is 0 Å². The minimum absolute atomic E-state index is 0.0368. The molecule has 0 bridgehead atoms. The Morgan fingerprint density at radius 2 is 1.89 bits per heavy atom. The highest BCUT2D eigenvalue weighted by atomic mass is 79.9.